The van der Waals surface area contributed by atoms with E-state index in [0.29, 0.717) is 23.1 Å². The summed E-state index contributed by atoms with van der Waals surface area (Å²) in [5, 5.41) is 6.61. The SMILES string of the molecule is CC(C)c1noc(CNC(=O)N(Cc2cocn2)Cc2cocn2)n1. The lowest BCUT2D eigenvalue weighted by Gasteiger charge is -2.20. The van der Waals surface area contributed by atoms with E-state index in [9.17, 15) is 4.79 Å². The highest BCUT2D eigenvalue weighted by Crippen LogP contribution is 2.11. The van der Waals surface area contributed by atoms with E-state index in [4.69, 9.17) is 13.4 Å². The number of hydrogen-bond acceptors (Lipinski definition) is 8. The van der Waals surface area contributed by atoms with Crippen molar-refractivity contribution >= 4 is 6.03 Å². The molecule has 0 saturated heterocycles. The van der Waals surface area contributed by atoms with Gasteiger partial charge in [-0.15, -0.1) is 0 Å². The van der Waals surface area contributed by atoms with Crippen molar-refractivity contribution in [3.8, 4) is 0 Å². The third-order valence-corrected chi connectivity index (χ3v) is 3.35. The van der Waals surface area contributed by atoms with Gasteiger partial charge in [-0.1, -0.05) is 19.0 Å². The summed E-state index contributed by atoms with van der Waals surface area (Å²) in [6.07, 6.45) is 5.59. The minimum atomic E-state index is -0.324. The molecule has 0 fully saturated rings. The molecule has 3 aromatic rings. The number of carbonyl (C=O) groups excluding carboxylic acids is 1. The molecule has 25 heavy (non-hydrogen) atoms. The lowest BCUT2D eigenvalue weighted by atomic mass is 10.2. The number of hydrogen-bond donors (Lipinski definition) is 1. The molecular weight excluding hydrogens is 328 g/mol. The van der Waals surface area contributed by atoms with Gasteiger partial charge in [-0.05, 0) is 0 Å². The molecule has 3 rings (SSSR count). The van der Waals surface area contributed by atoms with Gasteiger partial charge in [0, 0.05) is 5.92 Å². The standard InChI is InChI=1S/C15H18N6O4/c1-10(2)14-19-13(25-20-14)3-16-15(22)21(4-11-6-23-8-17-11)5-12-7-24-9-18-12/h6-10H,3-5H2,1-2H3,(H,16,22). The van der Waals surface area contributed by atoms with Gasteiger partial charge in [-0.3, -0.25) is 0 Å². The largest absolute Gasteiger partial charge is 0.451 e. The van der Waals surface area contributed by atoms with Gasteiger partial charge in [0.2, 0.25) is 5.89 Å². The second-order valence-corrected chi connectivity index (χ2v) is 5.68. The van der Waals surface area contributed by atoms with Crippen molar-refractivity contribution in [3.05, 3.63) is 48.4 Å². The van der Waals surface area contributed by atoms with Crippen LogP contribution in [0.2, 0.25) is 0 Å². The highest BCUT2D eigenvalue weighted by Gasteiger charge is 2.18. The van der Waals surface area contributed by atoms with Gasteiger partial charge >= 0.3 is 6.03 Å². The van der Waals surface area contributed by atoms with E-state index in [2.05, 4.69) is 25.4 Å². The molecule has 3 heterocycles. The minimum absolute atomic E-state index is 0.132. The number of rotatable bonds is 7. The summed E-state index contributed by atoms with van der Waals surface area (Å²) < 4.78 is 15.0. The Labute approximate surface area is 143 Å². The molecule has 0 bridgehead atoms. The number of amides is 2. The molecule has 0 radical (unpaired) electrons. The van der Waals surface area contributed by atoms with E-state index in [1.165, 1.54) is 30.2 Å². The molecule has 0 atom stereocenters. The Morgan fingerprint density at radius 2 is 1.80 bits per heavy atom. The van der Waals surface area contributed by atoms with Crippen LogP contribution in [0.15, 0.2) is 38.7 Å². The highest BCUT2D eigenvalue weighted by molar-refractivity contribution is 5.73. The number of urea groups is 1. The predicted octanol–water partition coefficient (Wildman–Crippen LogP) is 2.08. The third-order valence-electron chi connectivity index (χ3n) is 3.35. The van der Waals surface area contributed by atoms with E-state index in [0.717, 1.165) is 0 Å². The number of aromatic nitrogens is 4. The average molecular weight is 346 g/mol. The van der Waals surface area contributed by atoms with Gasteiger partial charge in [0.15, 0.2) is 18.6 Å². The lowest BCUT2D eigenvalue weighted by Crippen LogP contribution is -2.39. The summed E-state index contributed by atoms with van der Waals surface area (Å²) >= 11 is 0. The van der Waals surface area contributed by atoms with Gasteiger partial charge in [0.05, 0.1) is 31.0 Å². The predicted molar refractivity (Wildman–Crippen MR) is 82.9 cm³/mol. The minimum Gasteiger partial charge on any atom is -0.451 e. The molecule has 3 aromatic heterocycles. The van der Waals surface area contributed by atoms with E-state index in [1.54, 1.807) is 0 Å². The van der Waals surface area contributed by atoms with Crippen LogP contribution in [0.3, 0.4) is 0 Å². The van der Waals surface area contributed by atoms with Crippen LogP contribution in [0.4, 0.5) is 4.79 Å². The molecule has 10 heteroatoms. The molecule has 2 amide bonds. The first-order chi connectivity index (χ1) is 12.1. The first-order valence-corrected chi connectivity index (χ1v) is 7.71. The number of nitrogens with one attached hydrogen (secondary N) is 1. The number of carbonyl (C=O) groups is 1. The third kappa shape index (κ3) is 4.43. The average Bonchev–Trinajstić information content (AvgIpc) is 3.34. The maximum atomic E-state index is 12.5. The highest BCUT2D eigenvalue weighted by atomic mass is 16.5. The summed E-state index contributed by atoms with van der Waals surface area (Å²) in [4.78, 5) is 26.3. The van der Waals surface area contributed by atoms with Gasteiger partial charge in [-0.25, -0.2) is 14.8 Å². The van der Waals surface area contributed by atoms with Crippen LogP contribution < -0.4 is 5.32 Å². The number of nitrogens with zero attached hydrogens (tertiary/aromatic N) is 5. The van der Waals surface area contributed by atoms with Crippen molar-refractivity contribution in [2.45, 2.75) is 39.4 Å². The maximum absolute atomic E-state index is 12.5. The molecular formula is C15H18N6O4. The summed E-state index contributed by atoms with van der Waals surface area (Å²) in [6.45, 7) is 4.58. The Morgan fingerprint density at radius 1 is 1.16 bits per heavy atom. The Hall–Kier alpha value is -3.17. The lowest BCUT2D eigenvalue weighted by molar-refractivity contribution is 0.188. The topological polar surface area (TPSA) is 123 Å². The van der Waals surface area contributed by atoms with Crippen LogP contribution in [-0.2, 0) is 19.6 Å². The normalized spacial score (nSPS) is 11.0. The first-order valence-electron chi connectivity index (χ1n) is 7.71. The first kappa shape index (κ1) is 16.7. The van der Waals surface area contributed by atoms with Gasteiger partial charge in [-0.2, -0.15) is 4.98 Å². The van der Waals surface area contributed by atoms with E-state index < -0.39 is 0 Å². The summed E-state index contributed by atoms with van der Waals surface area (Å²) in [7, 11) is 0. The van der Waals surface area contributed by atoms with E-state index in [1.807, 2.05) is 13.8 Å². The van der Waals surface area contributed by atoms with Crippen molar-refractivity contribution < 1.29 is 18.2 Å². The molecule has 0 aliphatic rings. The van der Waals surface area contributed by atoms with Gasteiger partial charge < -0.3 is 23.6 Å². The van der Waals surface area contributed by atoms with Crippen LogP contribution in [0.25, 0.3) is 0 Å². The molecule has 0 aromatic carbocycles. The molecule has 0 saturated carbocycles. The van der Waals surface area contributed by atoms with Crippen molar-refractivity contribution in [3.63, 3.8) is 0 Å². The van der Waals surface area contributed by atoms with Crippen LogP contribution in [0.1, 0.15) is 42.9 Å². The van der Waals surface area contributed by atoms with Crippen molar-refractivity contribution in [2.24, 2.45) is 0 Å². The van der Waals surface area contributed by atoms with E-state index in [-0.39, 0.29) is 31.6 Å². The summed E-state index contributed by atoms with van der Waals surface area (Å²) in [5.41, 5.74) is 1.25. The fraction of sp³-hybridized carbons (Fsp3) is 0.400. The zero-order valence-corrected chi connectivity index (χ0v) is 13.9. The maximum Gasteiger partial charge on any atom is 0.318 e. The van der Waals surface area contributed by atoms with Crippen LogP contribution >= 0.6 is 0 Å². The van der Waals surface area contributed by atoms with Crippen molar-refractivity contribution in [1.29, 1.82) is 0 Å². The Bertz CT molecular complexity index is 745. The van der Waals surface area contributed by atoms with E-state index >= 15 is 0 Å². The second-order valence-electron chi connectivity index (χ2n) is 5.68. The fourth-order valence-corrected chi connectivity index (χ4v) is 2.06. The van der Waals surface area contributed by atoms with Gasteiger partial charge in [0.1, 0.15) is 12.5 Å². The molecule has 0 aliphatic heterocycles. The summed E-state index contributed by atoms with van der Waals surface area (Å²) in [5.74, 6) is 1.11. The zero-order chi connectivity index (χ0) is 17.6. The quantitative estimate of drug-likeness (QED) is 0.689. The van der Waals surface area contributed by atoms with Gasteiger partial charge in [0.25, 0.3) is 0 Å². The zero-order valence-electron chi connectivity index (χ0n) is 13.9. The Morgan fingerprint density at radius 3 is 2.28 bits per heavy atom. The molecule has 1 N–H and O–H groups in total. The van der Waals surface area contributed by atoms with Crippen LogP contribution in [-0.4, -0.2) is 31.0 Å². The second kappa shape index (κ2) is 7.60. The molecule has 10 nitrogen and oxygen atoms in total. The molecule has 0 unspecified atom stereocenters. The molecule has 132 valence electrons. The van der Waals surface area contributed by atoms with Crippen molar-refractivity contribution in [1.82, 2.24) is 30.3 Å². The monoisotopic (exact) mass is 346 g/mol. The van der Waals surface area contributed by atoms with Crippen LogP contribution in [0, 0.1) is 0 Å². The van der Waals surface area contributed by atoms with Crippen molar-refractivity contribution in [2.75, 3.05) is 0 Å². The number of oxazole rings is 2. The molecule has 0 aliphatic carbocycles. The Balaban J connectivity index is 1.63. The van der Waals surface area contributed by atoms with Crippen LogP contribution in [0.5, 0.6) is 0 Å². The Kier molecular flexibility index (Phi) is 5.07. The summed E-state index contributed by atoms with van der Waals surface area (Å²) in [6, 6.07) is -0.324. The smallest absolute Gasteiger partial charge is 0.318 e. The molecule has 0 spiro atoms. The fourth-order valence-electron chi connectivity index (χ4n) is 2.06.